The van der Waals surface area contributed by atoms with E-state index in [0.717, 1.165) is 35.9 Å². The molecule has 26 heavy (non-hydrogen) atoms. The van der Waals surface area contributed by atoms with Gasteiger partial charge in [0.1, 0.15) is 0 Å². The Morgan fingerprint density at radius 2 is 1.88 bits per heavy atom. The minimum atomic E-state index is 0.571. The lowest BCUT2D eigenvalue weighted by Gasteiger charge is -2.10. The molecule has 2 N–H and O–H groups in total. The molecule has 0 saturated carbocycles. The topological polar surface area (TPSA) is 59.7 Å². The van der Waals surface area contributed by atoms with Crippen molar-refractivity contribution in [3.63, 3.8) is 0 Å². The highest BCUT2D eigenvalue weighted by molar-refractivity contribution is 7.80. The lowest BCUT2D eigenvalue weighted by atomic mass is 10.2. The van der Waals surface area contributed by atoms with Crippen molar-refractivity contribution in [2.24, 2.45) is 0 Å². The van der Waals surface area contributed by atoms with Crippen LogP contribution in [0.3, 0.4) is 0 Å². The molecule has 0 atom stereocenters. The number of hydrogen-bond donors (Lipinski definition) is 2. The summed E-state index contributed by atoms with van der Waals surface area (Å²) in [7, 11) is 0. The molecule has 0 aliphatic heterocycles. The third-order valence-corrected chi connectivity index (χ3v) is 4.49. The molecule has 0 aliphatic rings. The van der Waals surface area contributed by atoms with Gasteiger partial charge in [0.2, 0.25) is 0 Å². The fraction of sp³-hybridized carbons (Fsp3) is 0.316. The van der Waals surface area contributed by atoms with Gasteiger partial charge in [-0.15, -0.1) is 0 Å². The molecule has 3 rings (SSSR count). The maximum atomic E-state index is 5.43. The van der Waals surface area contributed by atoms with Crippen LogP contribution >= 0.6 is 12.2 Å². The second-order valence-electron chi connectivity index (χ2n) is 6.16. The van der Waals surface area contributed by atoms with Crippen molar-refractivity contribution in [2.75, 3.05) is 5.32 Å². The standard InChI is InChI=1S/C19H24N6S/c1-4-24-11-10-17(23-24)12-20-19(26)21-18-14(2)22-25(15(18)3)13-16-8-6-5-7-9-16/h5-11H,4,12-13H2,1-3H3,(H2,20,21,26). The number of hydrogen-bond acceptors (Lipinski definition) is 3. The normalized spacial score (nSPS) is 10.7. The Bertz CT molecular complexity index is 881. The lowest BCUT2D eigenvalue weighted by Crippen LogP contribution is -2.28. The SMILES string of the molecule is CCn1ccc(CNC(=S)Nc2c(C)nn(Cc3ccccc3)c2C)n1. The van der Waals surface area contributed by atoms with Gasteiger partial charge in [0.25, 0.3) is 0 Å². The molecule has 0 fully saturated rings. The van der Waals surface area contributed by atoms with Gasteiger partial charge in [-0.2, -0.15) is 10.2 Å². The van der Waals surface area contributed by atoms with Crippen LogP contribution in [0.25, 0.3) is 0 Å². The smallest absolute Gasteiger partial charge is 0.171 e. The average Bonchev–Trinajstić information content (AvgIpc) is 3.21. The van der Waals surface area contributed by atoms with Crippen molar-refractivity contribution in [3.05, 3.63) is 65.2 Å². The van der Waals surface area contributed by atoms with E-state index in [9.17, 15) is 0 Å². The van der Waals surface area contributed by atoms with E-state index in [2.05, 4.69) is 46.8 Å². The molecule has 7 heteroatoms. The van der Waals surface area contributed by atoms with Crippen LogP contribution in [0.5, 0.6) is 0 Å². The van der Waals surface area contributed by atoms with Crippen LogP contribution in [0, 0.1) is 13.8 Å². The van der Waals surface area contributed by atoms with Crippen LogP contribution in [0.1, 0.15) is 29.6 Å². The summed E-state index contributed by atoms with van der Waals surface area (Å²) in [6.45, 7) is 8.30. The molecule has 0 amide bonds. The summed E-state index contributed by atoms with van der Waals surface area (Å²) < 4.78 is 3.90. The third-order valence-electron chi connectivity index (χ3n) is 4.25. The van der Waals surface area contributed by atoms with Crippen LogP contribution in [0.2, 0.25) is 0 Å². The molecule has 0 unspecified atom stereocenters. The lowest BCUT2D eigenvalue weighted by molar-refractivity contribution is 0.643. The van der Waals surface area contributed by atoms with E-state index in [4.69, 9.17) is 12.2 Å². The summed E-state index contributed by atoms with van der Waals surface area (Å²) >= 11 is 5.43. The number of nitrogens with one attached hydrogen (secondary N) is 2. The van der Waals surface area contributed by atoms with Crippen molar-refractivity contribution < 1.29 is 0 Å². The third kappa shape index (κ3) is 4.29. The van der Waals surface area contributed by atoms with Gasteiger partial charge in [-0.05, 0) is 44.6 Å². The Labute approximate surface area is 159 Å². The van der Waals surface area contributed by atoms with E-state index in [-0.39, 0.29) is 0 Å². The fourth-order valence-corrected chi connectivity index (χ4v) is 2.97. The van der Waals surface area contributed by atoms with Crippen LogP contribution < -0.4 is 10.6 Å². The maximum absolute atomic E-state index is 5.43. The highest BCUT2D eigenvalue weighted by Gasteiger charge is 2.13. The number of aryl methyl sites for hydroxylation is 2. The van der Waals surface area contributed by atoms with Crippen LogP contribution in [-0.4, -0.2) is 24.7 Å². The molecule has 0 spiro atoms. The summed E-state index contributed by atoms with van der Waals surface area (Å²) in [6, 6.07) is 12.3. The first-order valence-electron chi connectivity index (χ1n) is 8.72. The summed E-state index contributed by atoms with van der Waals surface area (Å²) in [6.07, 6.45) is 1.97. The van der Waals surface area contributed by atoms with E-state index in [1.807, 2.05) is 46.7 Å². The molecule has 2 heterocycles. The van der Waals surface area contributed by atoms with E-state index < -0.39 is 0 Å². The van der Waals surface area contributed by atoms with Gasteiger partial charge in [0.15, 0.2) is 5.11 Å². The Kier molecular flexibility index (Phi) is 5.68. The van der Waals surface area contributed by atoms with Crippen LogP contribution in [0.4, 0.5) is 5.69 Å². The molecule has 1 aromatic carbocycles. The van der Waals surface area contributed by atoms with Gasteiger partial charge in [-0.25, -0.2) is 0 Å². The quantitative estimate of drug-likeness (QED) is 0.654. The summed E-state index contributed by atoms with van der Waals surface area (Å²) in [5.41, 5.74) is 5.13. The van der Waals surface area contributed by atoms with Crippen molar-refractivity contribution in [2.45, 2.75) is 40.4 Å². The predicted molar refractivity (Wildman–Crippen MR) is 108 cm³/mol. The van der Waals surface area contributed by atoms with Gasteiger partial charge in [-0.1, -0.05) is 30.3 Å². The zero-order valence-electron chi connectivity index (χ0n) is 15.4. The fourth-order valence-electron chi connectivity index (χ4n) is 2.79. The molecule has 0 aliphatic carbocycles. The molecule has 3 aromatic rings. The average molecular weight is 369 g/mol. The minimum Gasteiger partial charge on any atom is -0.357 e. The van der Waals surface area contributed by atoms with Crippen molar-refractivity contribution >= 4 is 23.0 Å². The molecule has 2 aromatic heterocycles. The molecule has 6 nitrogen and oxygen atoms in total. The first-order valence-corrected chi connectivity index (χ1v) is 9.12. The first-order chi connectivity index (χ1) is 12.6. The number of benzene rings is 1. The van der Waals surface area contributed by atoms with Crippen molar-refractivity contribution in [3.8, 4) is 0 Å². The van der Waals surface area contributed by atoms with Crippen molar-refractivity contribution in [1.29, 1.82) is 0 Å². The van der Waals surface area contributed by atoms with Crippen LogP contribution in [-0.2, 0) is 19.6 Å². The predicted octanol–water partition coefficient (Wildman–Crippen LogP) is 3.25. The van der Waals surface area contributed by atoms with Gasteiger partial charge in [0, 0.05) is 12.7 Å². The highest BCUT2D eigenvalue weighted by Crippen LogP contribution is 2.20. The van der Waals surface area contributed by atoms with Gasteiger partial charge >= 0.3 is 0 Å². The zero-order valence-corrected chi connectivity index (χ0v) is 16.2. The number of aromatic nitrogens is 4. The Hall–Kier alpha value is -2.67. The Morgan fingerprint density at radius 3 is 2.58 bits per heavy atom. The van der Waals surface area contributed by atoms with E-state index in [1.165, 1.54) is 5.56 Å². The molecule has 0 radical (unpaired) electrons. The molecular weight excluding hydrogens is 344 g/mol. The first kappa shape index (κ1) is 18.1. The van der Waals surface area contributed by atoms with Gasteiger partial charge in [-0.3, -0.25) is 9.36 Å². The second-order valence-corrected chi connectivity index (χ2v) is 6.57. The van der Waals surface area contributed by atoms with E-state index in [0.29, 0.717) is 11.7 Å². The largest absolute Gasteiger partial charge is 0.357 e. The number of nitrogens with zero attached hydrogens (tertiary/aromatic N) is 4. The number of rotatable bonds is 6. The number of thiocarbonyl (C=S) groups is 1. The minimum absolute atomic E-state index is 0.571. The number of anilines is 1. The summed E-state index contributed by atoms with van der Waals surface area (Å²) in [4.78, 5) is 0. The Morgan fingerprint density at radius 1 is 1.12 bits per heavy atom. The summed E-state index contributed by atoms with van der Waals surface area (Å²) in [5.74, 6) is 0. The zero-order chi connectivity index (χ0) is 18.5. The molecular formula is C19H24N6S. The van der Waals surface area contributed by atoms with E-state index in [1.54, 1.807) is 0 Å². The Balaban J connectivity index is 1.62. The van der Waals surface area contributed by atoms with Gasteiger partial charge in [0.05, 0.1) is 35.9 Å². The maximum Gasteiger partial charge on any atom is 0.171 e. The van der Waals surface area contributed by atoms with E-state index >= 15 is 0 Å². The summed E-state index contributed by atoms with van der Waals surface area (Å²) in [5, 5.41) is 16.1. The monoisotopic (exact) mass is 368 g/mol. The van der Waals surface area contributed by atoms with Crippen molar-refractivity contribution in [1.82, 2.24) is 24.9 Å². The van der Waals surface area contributed by atoms with Crippen LogP contribution in [0.15, 0.2) is 42.6 Å². The molecule has 136 valence electrons. The second kappa shape index (κ2) is 8.14. The van der Waals surface area contributed by atoms with Gasteiger partial charge < -0.3 is 10.6 Å². The molecule has 0 saturated heterocycles. The highest BCUT2D eigenvalue weighted by atomic mass is 32.1. The molecule has 0 bridgehead atoms.